The van der Waals surface area contributed by atoms with Crippen LogP contribution in [0.25, 0.3) is 0 Å². The molecular weight excluding hydrogens is 230 g/mol. The Morgan fingerprint density at radius 1 is 1.35 bits per heavy atom. The molecule has 3 rings (SSSR count). The van der Waals surface area contributed by atoms with Crippen LogP contribution in [-0.2, 0) is 4.74 Å². The molecule has 0 aromatic carbocycles. The van der Waals surface area contributed by atoms with Crippen LogP contribution in [0.2, 0.25) is 0 Å². The van der Waals surface area contributed by atoms with E-state index in [0.29, 0.717) is 11.5 Å². The summed E-state index contributed by atoms with van der Waals surface area (Å²) in [5, 5.41) is 3.83. The van der Waals surface area contributed by atoms with E-state index in [0.717, 1.165) is 6.61 Å². The average molecular weight is 255 g/mol. The second-order valence-corrected chi connectivity index (χ2v) is 7.67. The third-order valence-corrected chi connectivity index (χ3v) is 6.16. The molecule has 1 saturated carbocycles. The Bertz CT molecular complexity index is 271. The van der Waals surface area contributed by atoms with E-state index in [9.17, 15) is 0 Å². The van der Waals surface area contributed by atoms with Gasteiger partial charge in [-0.05, 0) is 43.3 Å². The maximum Gasteiger partial charge on any atom is 0.0795 e. The summed E-state index contributed by atoms with van der Waals surface area (Å²) in [6, 6.07) is 0.708. The van der Waals surface area contributed by atoms with Gasteiger partial charge in [-0.3, -0.25) is 0 Å². The summed E-state index contributed by atoms with van der Waals surface area (Å²) in [5.41, 5.74) is 0.844. The monoisotopic (exact) mass is 255 g/mol. The number of hydrogen-bond donors (Lipinski definition) is 1. The Kier molecular flexibility index (Phi) is 3.44. The fourth-order valence-electron chi connectivity index (χ4n) is 3.41. The maximum absolute atomic E-state index is 6.07. The highest BCUT2D eigenvalue weighted by Crippen LogP contribution is 2.41. The van der Waals surface area contributed by atoms with E-state index in [1.165, 1.54) is 56.6 Å². The van der Waals surface area contributed by atoms with E-state index >= 15 is 0 Å². The van der Waals surface area contributed by atoms with Crippen LogP contribution >= 0.6 is 11.8 Å². The number of hydrogen-bond acceptors (Lipinski definition) is 3. The van der Waals surface area contributed by atoms with Crippen LogP contribution < -0.4 is 5.32 Å². The summed E-state index contributed by atoms with van der Waals surface area (Å²) in [4.78, 5) is 0. The van der Waals surface area contributed by atoms with Gasteiger partial charge >= 0.3 is 0 Å². The van der Waals surface area contributed by atoms with Gasteiger partial charge < -0.3 is 10.1 Å². The molecule has 3 aliphatic rings. The van der Waals surface area contributed by atoms with Crippen molar-refractivity contribution in [3.8, 4) is 0 Å². The molecule has 2 atom stereocenters. The second kappa shape index (κ2) is 4.75. The zero-order valence-electron chi connectivity index (χ0n) is 11.0. The molecule has 1 N–H and O–H groups in total. The van der Waals surface area contributed by atoms with E-state index in [1.54, 1.807) is 0 Å². The molecule has 0 aromatic rings. The first-order valence-corrected chi connectivity index (χ1v) is 8.30. The van der Waals surface area contributed by atoms with Crippen LogP contribution in [0.1, 0.15) is 45.4 Å². The predicted octanol–water partition coefficient (Wildman–Crippen LogP) is 2.82. The Labute approximate surface area is 109 Å². The summed E-state index contributed by atoms with van der Waals surface area (Å²) in [7, 11) is 0. The van der Waals surface area contributed by atoms with Crippen LogP contribution in [0.5, 0.6) is 0 Å². The van der Waals surface area contributed by atoms with Gasteiger partial charge in [-0.25, -0.2) is 0 Å². The van der Waals surface area contributed by atoms with Crippen molar-refractivity contribution >= 4 is 11.8 Å². The minimum absolute atomic E-state index is 0.237. The van der Waals surface area contributed by atoms with Gasteiger partial charge in [0, 0.05) is 24.9 Å². The number of nitrogens with one attached hydrogen (secondary N) is 1. The van der Waals surface area contributed by atoms with Crippen LogP contribution in [0.4, 0.5) is 0 Å². The van der Waals surface area contributed by atoms with Crippen molar-refractivity contribution in [3.05, 3.63) is 0 Å². The molecule has 2 unspecified atom stereocenters. The lowest BCUT2D eigenvalue weighted by atomic mass is 9.70. The van der Waals surface area contributed by atoms with Crippen LogP contribution in [0.3, 0.4) is 0 Å². The van der Waals surface area contributed by atoms with Crippen molar-refractivity contribution in [3.63, 3.8) is 0 Å². The normalized spacial score (nSPS) is 40.4. The van der Waals surface area contributed by atoms with Crippen molar-refractivity contribution in [2.24, 2.45) is 5.41 Å². The fourth-order valence-corrected chi connectivity index (χ4v) is 4.79. The molecule has 1 spiro atoms. The number of thioether (sulfide) groups is 1. The van der Waals surface area contributed by atoms with Crippen LogP contribution in [0.15, 0.2) is 0 Å². The molecule has 2 heterocycles. The fraction of sp³-hybridized carbons (Fsp3) is 1.00. The quantitative estimate of drug-likeness (QED) is 0.838. The lowest BCUT2D eigenvalue weighted by Gasteiger charge is -2.42. The smallest absolute Gasteiger partial charge is 0.0795 e. The molecule has 98 valence electrons. The van der Waals surface area contributed by atoms with E-state index < -0.39 is 0 Å². The highest BCUT2D eigenvalue weighted by atomic mass is 32.2. The van der Waals surface area contributed by atoms with Crippen LogP contribution in [-0.4, -0.2) is 36.3 Å². The van der Waals surface area contributed by atoms with Gasteiger partial charge in [0.25, 0.3) is 0 Å². The number of rotatable bonds is 3. The van der Waals surface area contributed by atoms with Gasteiger partial charge in [-0.15, -0.1) is 0 Å². The van der Waals surface area contributed by atoms with Crippen molar-refractivity contribution in [1.29, 1.82) is 0 Å². The Hall–Kier alpha value is 0.270. The van der Waals surface area contributed by atoms with E-state index in [1.807, 2.05) is 0 Å². The first-order chi connectivity index (χ1) is 8.20. The van der Waals surface area contributed by atoms with Crippen molar-refractivity contribution < 1.29 is 4.74 Å². The largest absolute Gasteiger partial charge is 0.374 e. The van der Waals surface area contributed by atoms with Gasteiger partial charge in [-0.2, -0.15) is 11.8 Å². The maximum atomic E-state index is 6.07. The first kappa shape index (κ1) is 12.3. The lowest BCUT2D eigenvalue weighted by Crippen LogP contribution is -2.50. The van der Waals surface area contributed by atoms with Crippen LogP contribution in [0, 0.1) is 5.41 Å². The second-order valence-electron chi connectivity index (χ2n) is 6.57. The van der Waals surface area contributed by atoms with Crippen molar-refractivity contribution in [2.45, 2.75) is 57.1 Å². The molecule has 2 nitrogen and oxygen atoms in total. The Morgan fingerprint density at radius 2 is 2.24 bits per heavy atom. The summed E-state index contributed by atoms with van der Waals surface area (Å²) in [6.45, 7) is 4.62. The third kappa shape index (κ3) is 2.66. The molecule has 0 amide bonds. The SMILES string of the molecule is CC1(CNC2CCOC3(CCSC3)C2)CCC1. The molecule has 1 aliphatic carbocycles. The molecular formula is C14H25NOS. The summed E-state index contributed by atoms with van der Waals surface area (Å²) >= 11 is 2.07. The van der Waals surface area contributed by atoms with E-state index in [4.69, 9.17) is 4.74 Å². The van der Waals surface area contributed by atoms with Gasteiger partial charge in [0.15, 0.2) is 0 Å². The van der Waals surface area contributed by atoms with Gasteiger partial charge in [0.1, 0.15) is 0 Å². The molecule has 2 aliphatic heterocycles. The summed E-state index contributed by atoms with van der Waals surface area (Å²) < 4.78 is 6.07. The molecule has 17 heavy (non-hydrogen) atoms. The average Bonchev–Trinajstić information content (AvgIpc) is 2.72. The Balaban J connectivity index is 1.50. The zero-order valence-corrected chi connectivity index (χ0v) is 11.8. The van der Waals surface area contributed by atoms with E-state index in [2.05, 4.69) is 24.0 Å². The van der Waals surface area contributed by atoms with Gasteiger partial charge in [0.05, 0.1) is 5.60 Å². The topological polar surface area (TPSA) is 21.3 Å². The first-order valence-electron chi connectivity index (χ1n) is 7.15. The molecule has 3 fully saturated rings. The molecule has 2 saturated heterocycles. The minimum Gasteiger partial charge on any atom is -0.374 e. The highest BCUT2D eigenvalue weighted by molar-refractivity contribution is 7.99. The van der Waals surface area contributed by atoms with Crippen molar-refractivity contribution in [1.82, 2.24) is 5.32 Å². The van der Waals surface area contributed by atoms with Gasteiger partial charge in [-0.1, -0.05) is 13.3 Å². The van der Waals surface area contributed by atoms with E-state index in [-0.39, 0.29) is 5.60 Å². The summed E-state index contributed by atoms with van der Waals surface area (Å²) in [5.74, 6) is 2.52. The van der Waals surface area contributed by atoms with Gasteiger partial charge in [0.2, 0.25) is 0 Å². The summed E-state index contributed by atoms with van der Waals surface area (Å²) in [6.07, 6.45) is 8.01. The van der Waals surface area contributed by atoms with Crippen molar-refractivity contribution in [2.75, 3.05) is 24.7 Å². The minimum atomic E-state index is 0.237. The predicted molar refractivity (Wildman–Crippen MR) is 73.6 cm³/mol. The Morgan fingerprint density at radius 3 is 2.88 bits per heavy atom. The number of ether oxygens (including phenoxy) is 1. The molecule has 0 radical (unpaired) electrons. The standard InChI is InChI=1S/C14H25NOS/c1-13(4-2-5-13)10-15-12-3-7-16-14(9-12)6-8-17-11-14/h12,15H,2-11H2,1H3. The molecule has 3 heteroatoms. The lowest BCUT2D eigenvalue weighted by molar-refractivity contribution is -0.0717. The highest BCUT2D eigenvalue weighted by Gasteiger charge is 2.41. The third-order valence-electron chi connectivity index (χ3n) is 4.94. The zero-order chi connectivity index (χ0) is 11.8. The molecule has 0 bridgehead atoms. The molecule has 0 aromatic heterocycles.